The molecule has 2 heterocycles. The summed E-state index contributed by atoms with van der Waals surface area (Å²) in [5.41, 5.74) is 7.27. The number of aromatic nitrogens is 4. The Bertz CT molecular complexity index is 1430. The van der Waals surface area contributed by atoms with Crippen LogP contribution in [0.4, 0.5) is 30.7 Å². The minimum Gasteiger partial charge on any atom is -0.365 e. The Hall–Kier alpha value is -3.69. The van der Waals surface area contributed by atoms with Gasteiger partial charge in [-0.3, -0.25) is 14.3 Å². The first-order valence-corrected chi connectivity index (χ1v) is 13.6. The van der Waals surface area contributed by atoms with Crippen LogP contribution < -0.4 is 11.1 Å². The first kappa shape index (κ1) is 32.2. The van der Waals surface area contributed by atoms with Crippen LogP contribution in [0.3, 0.4) is 0 Å². The Morgan fingerprint density at radius 2 is 1.93 bits per heavy atom. The minimum absolute atomic E-state index is 0.0179. The van der Waals surface area contributed by atoms with Gasteiger partial charge in [0.2, 0.25) is 11.8 Å². The first-order chi connectivity index (χ1) is 20.1. The highest BCUT2D eigenvalue weighted by atomic mass is 19.4. The molecule has 1 fully saturated rings. The van der Waals surface area contributed by atoms with Crippen molar-refractivity contribution in [2.24, 2.45) is 11.7 Å². The Morgan fingerprint density at radius 3 is 2.56 bits per heavy atom. The number of alkyl halides is 7. The van der Waals surface area contributed by atoms with Crippen molar-refractivity contribution >= 4 is 22.8 Å². The second kappa shape index (κ2) is 12.9. The third kappa shape index (κ3) is 8.45. The predicted molar refractivity (Wildman–Crippen MR) is 139 cm³/mol. The van der Waals surface area contributed by atoms with Crippen molar-refractivity contribution in [3.63, 3.8) is 0 Å². The van der Waals surface area contributed by atoms with Gasteiger partial charge >= 0.3 is 12.8 Å². The summed E-state index contributed by atoms with van der Waals surface area (Å²) in [5.74, 6) is -5.37. The highest BCUT2D eigenvalue weighted by molar-refractivity contribution is 5.94. The molecular formula is C27H31F7N6O3. The van der Waals surface area contributed by atoms with E-state index in [1.54, 1.807) is 25.1 Å². The number of amides is 2. The fourth-order valence-electron chi connectivity index (χ4n) is 5.29. The van der Waals surface area contributed by atoms with Crippen LogP contribution in [0.15, 0.2) is 24.4 Å². The van der Waals surface area contributed by atoms with Crippen molar-refractivity contribution in [2.45, 2.75) is 82.7 Å². The standard InChI is InChI=1S/C27H31F7N6O3/c1-14(36-20(41)6-9-27(32,33)34)16-2-3-18-19(12-16)38-24(37-18)21(15-4-7-26(30,31)8-5-15)22-17(23(35)42)13-40(39-22)10-11-43-25(28)29/h2-3,12-15,21,25H,4-11H2,1H3,(H2,35,42)(H,36,41)(H,37,38)/t14-,21+/m1/s1. The maximum atomic E-state index is 14.1. The number of nitrogens with two attached hydrogens (primary N) is 1. The van der Waals surface area contributed by atoms with Gasteiger partial charge in [-0.25, -0.2) is 13.8 Å². The number of benzene rings is 1. The molecule has 1 saturated carbocycles. The molecule has 1 aliphatic carbocycles. The Balaban J connectivity index is 1.65. The van der Waals surface area contributed by atoms with E-state index in [0.29, 0.717) is 22.4 Å². The largest absolute Gasteiger partial charge is 0.389 e. The van der Waals surface area contributed by atoms with E-state index in [-0.39, 0.29) is 43.5 Å². The number of carbonyl (C=O) groups is 2. The molecule has 1 aliphatic rings. The summed E-state index contributed by atoms with van der Waals surface area (Å²) in [4.78, 5) is 32.2. The summed E-state index contributed by atoms with van der Waals surface area (Å²) in [7, 11) is 0. The lowest BCUT2D eigenvalue weighted by atomic mass is 9.76. The summed E-state index contributed by atoms with van der Waals surface area (Å²) in [6, 6.07) is 4.29. The van der Waals surface area contributed by atoms with E-state index in [2.05, 4.69) is 25.1 Å². The average molecular weight is 621 g/mol. The van der Waals surface area contributed by atoms with Crippen LogP contribution in [0.5, 0.6) is 0 Å². The molecule has 1 aromatic carbocycles. The van der Waals surface area contributed by atoms with Crippen LogP contribution in [-0.4, -0.2) is 56.9 Å². The number of aromatic amines is 1. The number of halogens is 7. The van der Waals surface area contributed by atoms with Crippen LogP contribution in [0.1, 0.15) is 84.8 Å². The molecule has 0 spiro atoms. The Labute approximate surface area is 241 Å². The lowest BCUT2D eigenvalue weighted by Gasteiger charge is -2.32. The van der Waals surface area contributed by atoms with E-state index in [1.807, 2.05) is 0 Å². The number of imidazole rings is 1. The lowest BCUT2D eigenvalue weighted by Crippen LogP contribution is -2.29. The molecule has 2 amide bonds. The van der Waals surface area contributed by atoms with E-state index in [1.165, 1.54) is 10.9 Å². The molecule has 0 aliphatic heterocycles. The third-order valence-electron chi connectivity index (χ3n) is 7.48. The monoisotopic (exact) mass is 620 g/mol. The van der Waals surface area contributed by atoms with Gasteiger partial charge in [0.1, 0.15) is 5.82 Å². The molecule has 0 unspecified atom stereocenters. The average Bonchev–Trinajstić information content (AvgIpc) is 3.52. The van der Waals surface area contributed by atoms with Crippen LogP contribution in [-0.2, 0) is 16.1 Å². The number of nitrogens with one attached hydrogen (secondary N) is 2. The molecule has 4 rings (SSSR count). The Morgan fingerprint density at radius 1 is 1.23 bits per heavy atom. The van der Waals surface area contributed by atoms with Crippen LogP contribution >= 0.6 is 0 Å². The zero-order valence-electron chi connectivity index (χ0n) is 23.1. The molecule has 0 radical (unpaired) electrons. The number of fused-ring (bicyclic) bond motifs is 1. The second-order valence-corrected chi connectivity index (χ2v) is 10.7. The molecule has 2 aromatic heterocycles. The van der Waals surface area contributed by atoms with Gasteiger partial charge in [0.25, 0.3) is 5.91 Å². The molecule has 4 N–H and O–H groups in total. The van der Waals surface area contributed by atoms with Crippen LogP contribution in [0, 0.1) is 5.92 Å². The second-order valence-electron chi connectivity index (χ2n) is 10.7. The summed E-state index contributed by atoms with van der Waals surface area (Å²) < 4.78 is 96.0. The van der Waals surface area contributed by atoms with Gasteiger partial charge in [0.15, 0.2) is 0 Å². The molecular weight excluding hydrogens is 589 g/mol. The normalized spacial score (nSPS) is 17.3. The SMILES string of the molecule is C[C@@H](NC(=O)CCC(F)(F)F)c1ccc2nc([C@H](c3nn(CCOC(F)F)cc3C(N)=O)C3CCC(F)(F)CC3)[nH]c2c1. The third-order valence-corrected chi connectivity index (χ3v) is 7.48. The highest BCUT2D eigenvalue weighted by Crippen LogP contribution is 2.45. The predicted octanol–water partition coefficient (Wildman–Crippen LogP) is 5.57. The zero-order valence-corrected chi connectivity index (χ0v) is 23.1. The van der Waals surface area contributed by atoms with E-state index in [0.717, 1.165) is 0 Å². The Kier molecular flexibility index (Phi) is 9.66. The topological polar surface area (TPSA) is 128 Å². The van der Waals surface area contributed by atoms with Crippen molar-refractivity contribution in [3.05, 3.63) is 47.0 Å². The fraction of sp³-hybridized carbons (Fsp3) is 0.556. The molecule has 3 aromatic rings. The van der Waals surface area contributed by atoms with Crippen molar-refractivity contribution in [1.29, 1.82) is 0 Å². The van der Waals surface area contributed by atoms with Gasteiger partial charge < -0.3 is 20.8 Å². The molecule has 16 heteroatoms. The molecule has 0 saturated heterocycles. The van der Waals surface area contributed by atoms with Gasteiger partial charge in [0.05, 0.1) is 53.8 Å². The van der Waals surface area contributed by atoms with Crippen LogP contribution in [0.25, 0.3) is 11.0 Å². The number of nitrogens with zero attached hydrogens (tertiary/aromatic N) is 3. The number of ether oxygens (including phenoxy) is 1. The molecule has 236 valence electrons. The number of hydrogen-bond donors (Lipinski definition) is 3. The van der Waals surface area contributed by atoms with Gasteiger partial charge in [-0.05, 0) is 43.4 Å². The van der Waals surface area contributed by atoms with Gasteiger partial charge in [-0.2, -0.15) is 27.1 Å². The van der Waals surface area contributed by atoms with Crippen molar-refractivity contribution in [1.82, 2.24) is 25.1 Å². The fourth-order valence-corrected chi connectivity index (χ4v) is 5.29. The lowest BCUT2D eigenvalue weighted by molar-refractivity contribution is -0.144. The van der Waals surface area contributed by atoms with Gasteiger partial charge in [0, 0.05) is 25.5 Å². The van der Waals surface area contributed by atoms with Gasteiger partial charge in [-0.1, -0.05) is 6.07 Å². The smallest absolute Gasteiger partial charge is 0.365 e. The molecule has 2 atom stereocenters. The molecule has 9 nitrogen and oxygen atoms in total. The first-order valence-electron chi connectivity index (χ1n) is 13.6. The zero-order chi connectivity index (χ0) is 31.5. The maximum absolute atomic E-state index is 14.1. The van der Waals surface area contributed by atoms with E-state index < -0.39 is 67.9 Å². The van der Waals surface area contributed by atoms with E-state index in [9.17, 15) is 40.3 Å². The minimum atomic E-state index is -4.46. The number of rotatable bonds is 12. The van der Waals surface area contributed by atoms with Crippen LogP contribution in [0.2, 0.25) is 0 Å². The highest BCUT2D eigenvalue weighted by Gasteiger charge is 2.41. The maximum Gasteiger partial charge on any atom is 0.389 e. The van der Waals surface area contributed by atoms with Crippen molar-refractivity contribution < 1.29 is 45.1 Å². The van der Waals surface area contributed by atoms with E-state index >= 15 is 0 Å². The van der Waals surface area contributed by atoms with Crippen molar-refractivity contribution in [2.75, 3.05) is 6.61 Å². The molecule has 0 bridgehead atoms. The number of carbonyl (C=O) groups excluding carboxylic acids is 2. The summed E-state index contributed by atoms with van der Waals surface area (Å²) >= 11 is 0. The summed E-state index contributed by atoms with van der Waals surface area (Å²) in [5, 5.41) is 6.94. The van der Waals surface area contributed by atoms with Crippen molar-refractivity contribution in [3.8, 4) is 0 Å². The van der Waals surface area contributed by atoms with Gasteiger partial charge in [-0.15, -0.1) is 0 Å². The number of H-pyrrole nitrogens is 1. The number of primary amides is 1. The number of hydrogen-bond acceptors (Lipinski definition) is 5. The summed E-state index contributed by atoms with van der Waals surface area (Å²) in [6.07, 6.45) is -5.74. The quantitative estimate of drug-likeness (QED) is 0.228. The summed E-state index contributed by atoms with van der Waals surface area (Å²) in [6.45, 7) is -1.93. The van der Waals surface area contributed by atoms with E-state index in [4.69, 9.17) is 5.73 Å². The molecule has 43 heavy (non-hydrogen) atoms.